The van der Waals surface area contributed by atoms with Crippen LogP contribution in [0.25, 0.3) is 0 Å². The second-order valence-electron chi connectivity index (χ2n) is 4.37. The highest BCUT2D eigenvalue weighted by molar-refractivity contribution is 5.94. The van der Waals surface area contributed by atoms with Gasteiger partial charge in [-0.05, 0) is 24.3 Å². The van der Waals surface area contributed by atoms with Crippen LogP contribution in [-0.2, 0) is 0 Å². The number of likely N-dealkylation sites (tertiary alicyclic amines) is 1. The van der Waals surface area contributed by atoms with Gasteiger partial charge in [0.25, 0.3) is 5.91 Å². The molecule has 5 nitrogen and oxygen atoms in total. The first-order valence-corrected chi connectivity index (χ1v) is 6.09. The summed E-state index contributed by atoms with van der Waals surface area (Å²) < 4.78 is 5.70. The molecule has 2 aromatic rings. The van der Waals surface area contributed by atoms with Crippen LogP contribution in [0.15, 0.2) is 49.1 Å². The monoisotopic (exact) mass is 255 g/mol. The van der Waals surface area contributed by atoms with E-state index >= 15 is 0 Å². The van der Waals surface area contributed by atoms with Crippen LogP contribution in [-0.4, -0.2) is 40.0 Å². The normalized spacial score (nSPS) is 14.8. The first kappa shape index (κ1) is 11.6. The third-order valence-electron chi connectivity index (χ3n) is 3.00. The summed E-state index contributed by atoms with van der Waals surface area (Å²) in [6, 6.07) is 7.13. The molecule has 1 saturated heterocycles. The maximum absolute atomic E-state index is 12.1. The average molecular weight is 255 g/mol. The molecule has 0 aliphatic carbocycles. The maximum Gasteiger partial charge on any atom is 0.254 e. The van der Waals surface area contributed by atoms with E-state index in [0.717, 1.165) is 5.75 Å². The molecule has 1 amide bonds. The molecule has 96 valence electrons. The number of ether oxygens (including phenoxy) is 1. The average Bonchev–Trinajstić information content (AvgIpc) is 2.44. The molecule has 3 heterocycles. The van der Waals surface area contributed by atoms with Crippen molar-refractivity contribution in [2.45, 2.75) is 6.10 Å². The largest absolute Gasteiger partial charge is 0.485 e. The van der Waals surface area contributed by atoms with Crippen molar-refractivity contribution in [1.82, 2.24) is 14.9 Å². The van der Waals surface area contributed by atoms with Gasteiger partial charge in [-0.25, -0.2) is 0 Å². The fraction of sp³-hybridized carbons (Fsp3) is 0.214. The van der Waals surface area contributed by atoms with Gasteiger partial charge in [-0.2, -0.15) is 0 Å². The van der Waals surface area contributed by atoms with Crippen molar-refractivity contribution in [2.75, 3.05) is 13.1 Å². The van der Waals surface area contributed by atoms with E-state index in [9.17, 15) is 4.79 Å². The molecule has 1 aliphatic heterocycles. The Morgan fingerprint density at radius 2 is 1.95 bits per heavy atom. The van der Waals surface area contributed by atoms with Gasteiger partial charge in [-0.15, -0.1) is 0 Å². The number of hydrogen-bond donors (Lipinski definition) is 0. The zero-order valence-corrected chi connectivity index (χ0v) is 10.3. The van der Waals surface area contributed by atoms with Gasteiger partial charge in [0.2, 0.25) is 0 Å². The van der Waals surface area contributed by atoms with Crippen molar-refractivity contribution in [3.8, 4) is 5.75 Å². The van der Waals surface area contributed by atoms with Crippen LogP contribution in [0.4, 0.5) is 0 Å². The summed E-state index contributed by atoms with van der Waals surface area (Å²) in [5.41, 5.74) is 0.662. The van der Waals surface area contributed by atoms with E-state index in [1.165, 1.54) is 0 Å². The standard InChI is InChI=1S/C14H13N3O2/c18-14(11-3-6-15-7-4-11)17-9-13(10-17)19-12-2-1-5-16-8-12/h1-8,13H,9-10H2. The zero-order valence-electron chi connectivity index (χ0n) is 10.3. The summed E-state index contributed by atoms with van der Waals surface area (Å²) in [5, 5.41) is 0. The molecule has 3 rings (SSSR count). The summed E-state index contributed by atoms with van der Waals surface area (Å²) in [6.07, 6.45) is 6.67. The van der Waals surface area contributed by atoms with Gasteiger partial charge >= 0.3 is 0 Å². The highest BCUT2D eigenvalue weighted by Gasteiger charge is 2.32. The van der Waals surface area contributed by atoms with Crippen LogP contribution >= 0.6 is 0 Å². The Morgan fingerprint density at radius 1 is 1.16 bits per heavy atom. The summed E-state index contributed by atoms with van der Waals surface area (Å²) >= 11 is 0. The van der Waals surface area contributed by atoms with E-state index in [1.807, 2.05) is 12.1 Å². The number of aromatic nitrogens is 2. The van der Waals surface area contributed by atoms with Crippen LogP contribution in [0, 0.1) is 0 Å². The lowest BCUT2D eigenvalue weighted by Crippen LogP contribution is -2.56. The lowest BCUT2D eigenvalue weighted by Gasteiger charge is -2.38. The number of hydrogen-bond acceptors (Lipinski definition) is 4. The van der Waals surface area contributed by atoms with E-state index < -0.39 is 0 Å². The Bertz CT molecular complexity index is 553. The number of rotatable bonds is 3. The van der Waals surface area contributed by atoms with E-state index in [0.29, 0.717) is 18.7 Å². The molecule has 0 atom stereocenters. The third kappa shape index (κ3) is 2.54. The van der Waals surface area contributed by atoms with Crippen molar-refractivity contribution in [2.24, 2.45) is 0 Å². The first-order chi connectivity index (χ1) is 9.33. The molecular weight excluding hydrogens is 242 g/mol. The molecule has 5 heteroatoms. The molecular formula is C14H13N3O2. The SMILES string of the molecule is O=C(c1ccncc1)N1CC(Oc2cccnc2)C1. The van der Waals surface area contributed by atoms with Gasteiger partial charge < -0.3 is 9.64 Å². The quantitative estimate of drug-likeness (QED) is 0.831. The van der Waals surface area contributed by atoms with Crippen LogP contribution < -0.4 is 4.74 Å². The van der Waals surface area contributed by atoms with Crippen molar-refractivity contribution in [3.63, 3.8) is 0 Å². The Morgan fingerprint density at radius 3 is 2.63 bits per heavy atom. The summed E-state index contributed by atoms with van der Waals surface area (Å²) in [5.74, 6) is 0.761. The molecule has 0 radical (unpaired) electrons. The minimum Gasteiger partial charge on any atom is -0.485 e. The smallest absolute Gasteiger partial charge is 0.254 e. The molecule has 19 heavy (non-hydrogen) atoms. The number of nitrogens with zero attached hydrogens (tertiary/aromatic N) is 3. The zero-order chi connectivity index (χ0) is 13.1. The number of carbonyl (C=O) groups excluding carboxylic acids is 1. The highest BCUT2D eigenvalue weighted by atomic mass is 16.5. The number of pyridine rings is 2. The Kier molecular flexibility index (Phi) is 3.10. The summed E-state index contributed by atoms with van der Waals surface area (Å²) in [6.45, 7) is 1.21. The molecule has 0 aromatic carbocycles. The summed E-state index contributed by atoms with van der Waals surface area (Å²) in [4.78, 5) is 21.7. The second kappa shape index (κ2) is 5.06. The molecule has 0 N–H and O–H groups in total. The fourth-order valence-corrected chi connectivity index (χ4v) is 1.96. The Balaban J connectivity index is 1.54. The van der Waals surface area contributed by atoms with E-state index in [4.69, 9.17) is 4.74 Å². The van der Waals surface area contributed by atoms with Crippen LogP contribution in [0.3, 0.4) is 0 Å². The van der Waals surface area contributed by atoms with Crippen LogP contribution in [0.5, 0.6) is 5.75 Å². The predicted octanol–water partition coefficient (Wildman–Crippen LogP) is 1.38. The lowest BCUT2D eigenvalue weighted by molar-refractivity contribution is 0.0176. The Labute approximate surface area is 110 Å². The van der Waals surface area contributed by atoms with Crippen molar-refractivity contribution in [1.29, 1.82) is 0 Å². The van der Waals surface area contributed by atoms with Gasteiger partial charge in [0.05, 0.1) is 19.3 Å². The molecule has 0 spiro atoms. The van der Waals surface area contributed by atoms with Crippen molar-refractivity contribution < 1.29 is 9.53 Å². The number of carbonyl (C=O) groups is 1. The third-order valence-corrected chi connectivity index (χ3v) is 3.00. The van der Waals surface area contributed by atoms with Gasteiger partial charge in [-0.3, -0.25) is 14.8 Å². The van der Waals surface area contributed by atoms with Crippen molar-refractivity contribution >= 4 is 5.91 Å². The fourth-order valence-electron chi connectivity index (χ4n) is 1.96. The van der Waals surface area contributed by atoms with E-state index in [2.05, 4.69) is 9.97 Å². The number of amides is 1. The highest BCUT2D eigenvalue weighted by Crippen LogP contribution is 2.18. The molecule has 1 fully saturated rings. The van der Waals surface area contributed by atoms with Gasteiger partial charge in [0, 0.05) is 24.2 Å². The minimum absolute atomic E-state index is 0.0217. The second-order valence-corrected chi connectivity index (χ2v) is 4.37. The van der Waals surface area contributed by atoms with Gasteiger partial charge in [0.1, 0.15) is 11.9 Å². The lowest BCUT2D eigenvalue weighted by atomic mass is 10.1. The topological polar surface area (TPSA) is 55.3 Å². The molecule has 0 bridgehead atoms. The molecule has 1 aliphatic rings. The molecule has 2 aromatic heterocycles. The van der Waals surface area contributed by atoms with E-state index in [1.54, 1.807) is 41.8 Å². The van der Waals surface area contributed by atoms with Crippen LogP contribution in [0.1, 0.15) is 10.4 Å². The summed E-state index contributed by atoms with van der Waals surface area (Å²) in [7, 11) is 0. The van der Waals surface area contributed by atoms with E-state index in [-0.39, 0.29) is 12.0 Å². The maximum atomic E-state index is 12.1. The van der Waals surface area contributed by atoms with Crippen molar-refractivity contribution in [3.05, 3.63) is 54.6 Å². The van der Waals surface area contributed by atoms with Gasteiger partial charge in [0.15, 0.2) is 0 Å². The Hall–Kier alpha value is -2.43. The first-order valence-electron chi connectivity index (χ1n) is 6.09. The minimum atomic E-state index is 0.0217. The predicted molar refractivity (Wildman–Crippen MR) is 68.8 cm³/mol. The molecule has 0 saturated carbocycles. The molecule has 0 unspecified atom stereocenters. The van der Waals surface area contributed by atoms with Gasteiger partial charge in [-0.1, -0.05) is 0 Å². The van der Waals surface area contributed by atoms with Crippen LogP contribution in [0.2, 0.25) is 0 Å².